The van der Waals surface area contributed by atoms with E-state index in [2.05, 4.69) is 0 Å². The van der Waals surface area contributed by atoms with Crippen molar-refractivity contribution in [3.05, 3.63) is 30.1 Å². The summed E-state index contributed by atoms with van der Waals surface area (Å²) < 4.78 is 18.3. The fraction of sp³-hybridized carbons (Fsp3) is 0.588. The van der Waals surface area contributed by atoms with E-state index >= 15 is 0 Å². The van der Waals surface area contributed by atoms with Crippen LogP contribution in [0.5, 0.6) is 5.75 Å². The molecule has 0 saturated carbocycles. The second kappa shape index (κ2) is 8.73. The van der Waals surface area contributed by atoms with E-state index in [0.29, 0.717) is 25.4 Å². The highest BCUT2D eigenvalue weighted by Crippen LogP contribution is 2.11. The Morgan fingerprint density at radius 1 is 1.18 bits per heavy atom. The van der Waals surface area contributed by atoms with Gasteiger partial charge in [0.25, 0.3) is 0 Å². The van der Waals surface area contributed by atoms with Crippen molar-refractivity contribution in [1.29, 1.82) is 0 Å². The van der Waals surface area contributed by atoms with Crippen LogP contribution in [0.1, 0.15) is 25.7 Å². The van der Waals surface area contributed by atoms with Gasteiger partial charge in [-0.05, 0) is 44.2 Å². The molecule has 0 N–H and O–H groups in total. The molecule has 0 aromatic heterocycles. The Bertz CT molecular complexity index is 456. The molecule has 0 atom stereocenters. The lowest BCUT2D eigenvalue weighted by molar-refractivity contribution is -0.132. The van der Waals surface area contributed by atoms with Gasteiger partial charge < -0.3 is 9.64 Å². The lowest BCUT2D eigenvalue weighted by atomic mass is 10.2. The SMILES string of the molecule is CN(CCOc1ccc(F)cc1)CC(=O)N1CCCCCC1. The van der Waals surface area contributed by atoms with Gasteiger partial charge in [-0.2, -0.15) is 0 Å². The standard InChI is InChI=1S/C17H25FN2O2/c1-19(12-13-22-16-8-6-15(18)7-9-16)14-17(21)20-10-4-2-3-5-11-20/h6-9H,2-5,10-14H2,1H3. The lowest BCUT2D eigenvalue weighted by Crippen LogP contribution is -2.40. The molecule has 0 unspecified atom stereocenters. The van der Waals surface area contributed by atoms with Gasteiger partial charge in [0, 0.05) is 19.6 Å². The van der Waals surface area contributed by atoms with Crippen molar-refractivity contribution in [2.75, 3.05) is 39.8 Å². The van der Waals surface area contributed by atoms with Crippen LogP contribution in [0, 0.1) is 5.82 Å². The summed E-state index contributed by atoms with van der Waals surface area (Å²) >= 11 is 0. The summed E-state index contributed by atoms with van der Waals surface area (Å²) in [7, 11) is 1.92. The van der Waals surface area contributed by atoms with Crippen LogP contribution in [0.2, 0.25) is 0 Å². The Morgan fingerprint density at radius 2 is 1.82 bits per heavy atom. The molecule has 5 heteroatoms. The number of hydrogen-bond donors (Lipinski definition) is 0. The highest BCUT2D eigenvalue weighted by Gasteiger charge is 2.16. The molecule has 1 aliphatic rings. The number of carbonyl (C=O) groups is 1. The highest BCUT2D eigenvalue weighted by molar-refractivity contribution is 5.78. The molecule has 1 saturated heterocycles. The zero-order chi connectivity index (χ0) is 15.8. The molecule has 1 aromatic carbocycles. The number of rotatable bonds is 6. The van der Waals surface area contributed by atoms with Crippen molar-refractivity contribution in [3.63, 3.8) is 0 Å². The van der Waals surface area contributed by atoms with Crippen LogP contribution in [-0.2, 0) is 4.79 Å². The van der Waals surface area contributed by atoms with E-state index in [0.717, 1.165) is 25.9 Å². The summed E-state index contributed by atoms with van der Waals surface area (Å²) in [5, 5.41) is 0. The number of nitrogens with zero attached hydrogens (tertiary/aromatic N) is 2. The second-order valence-electron chi connectivity index (χ2n) is 5.84. The van der Waals surface area contributed by atoms with Crippen molar-refractivity contribution in [2.24, 2.45) is 0 Å². The number of hydrogen-bond acceptors (Lipinski definition) is 3. The van der Waals surface area contributed by atoms with E-state index in [9.17, 15) is 9.18 Å². The topological polar surface area (TPSA) is 32.8 Å². The Kier molecular flexibility index (Phi) is 6.65. The molecular weight excluding hydrogens is 283 g/mol. The van der Waals surface area contributed by atoms with Gasteiger partial charge >= 0.3 is 0 Å². The lowest BCUT2D eigenvalue weighted by Gasteiger charge is -2.24. The van der Waals surface area contributed by atoms with Gasteiger partial charge in [-0.1, -0.05) is 12.8 Å². The predicted molar refractivity (Wildman–Crippen MR) is 84.4 cm³/mol. The van der Waals surface area contributed by atoms with Crippen molar-refractivity contribution >= 4 is 5.91 Å². The minimum absolute atomic E-state index is 0.200. The third kappa shape index (κ3) is 5.64. The summed E-state index contributed by atoms with van der Waals surface area (Å²) in [5.74, 6) is 0.576. The fourth-order valence-electron chi connectivity index (χ4n) is 2.58. The average molecular weight is 308 g/mol. The van der Waals surface area contributed by atoms with Crippen LogP contribution in [0.25, 0.3) is 0 Å². The summed E-state index contributed by atoms with van der Waals surface area (Å²) in [6.07, 6.45) is 4.68. The molecule has 1 heterocycles. The van der Waals surface area contributed by atoms with Gasteiger partial charge in [-0.15, -0.1) is 0 Å². The quantitative estimate of drug-likeness (QED) is 0.809. The Morgan fingerprint density at radius 3 is 2.45 bits per heavy atom. The number of likely N-dealkylation sites (N-methyl/N-ethyl adjacent to an activating group) is 1. The van der Waals surface area contributed by atoms with Crippen LogP contribution in [-0.4, -0.2) is 55.5 Å². The minimum atomic E-state index is -0.271. The molecule has 4 nitrogen and oxygen atoms in total. The van der Waals surface area contributed by atoms with E-state index in [4.69, 9.17) is 4.74 Å². The van der Waals surface area contributed by atoms with Crippen molar-refractivity contribution in [1.82, 2.24) is 9.80 Å². The van der Waals surface area contributed by atoms with E-state index in [1.165, 1.54) is 25.0 Å². The van der Waals surface area contributed by atoms with Crippen LogP contribution in [0.3, 0.4) is 0 Å². The first-order valence-corrected chi connectivity index (χ1v) is 8.00. The van der Waals surface area contributed by atoms with Gasteiger partial charge in [-0.3, -0.25) is 9.69 Å². The number of likely N-dealkylation sites (tertiary alicyclic amines) is 1. The van der Waals surface area contributed by atoms with Gasteiger partial charge in [0.2, 0.25) is 5.91 Å². The summed E-state index contributed by atoms with van der Waals surface area (Å²) in [6, 6.07) is 5.97. The van der Waals surface area contributed by atoms with Crippen LogP contribution in [0.15, 0.2) is 24.3 Å². The summed E-state index contributed by atoms with van der Waals surface area (Å²) in [5.41, 5.74) is 0. The number of carbonyl (C=O) groups excluding carboxylic acids is 1. The minimum Gasteiger partial charge on any atom is -0.492 e. The zero-order valence-electron chi connectivity index (χ0n) is 13.3. The van der Waals surface area contributed by atoms with Gasteiger partial charge in [0.15, 0.2) is 0 Å². The van der Waals surface area contributed by atoms with E-state index in [-0.39, 0.29) is 11.7 Å². The maximum absolute atomic E-state index is 12.8. The predicted octanol–water partition coefficient (Wildman–Crippen LogP) is 2.54. The summed E-state index contributed by atoms with van der Waals surface area (Å²) in [4.78, 5) is 16.2. The largest absolute Gasteiger partial charge is 0.492 e. The molecule has 2 rings (SSSR count). The first kappa shape index (κ1) is 16.7. The molecule has 0 bridgehead atoms. The van der Waals surface area contributed by atoms with E-state index in [1.807, 2.05) is 16.8 Å². The monoisotopic (exact) mass is 308 g/mol. The van der Waals surface area contributed by atoms with Crippen LogP contribution >= 0.6 is 0 Å². The van der Waals surface area contributed by atoms with Gasteiger partial charge in [-0.25, -0.2) is 4.39 Å². The molecule has 0 aliphatic carbocycles. The molecule has 122 valence electrons. The molecule has 0 spiro atoms. The highest BCUT2D eigenvalue weighted by atomic mass is 19.1. The Hall–Kier alpha value is -1.62. The molecule has 0 radical (unpaired) electrons. The van der Waals surface area contributed by atoms with Crippen molar-refractivity contribution in [3.8, 4) is 5.75 Å². The van der Waals surface area contributed by atoms with E-state index < -0.39 is 0 Å². The molecule has 1 fully saturated rings. The van der Waals surface area contributed by atoms with Crippen molar-refractivity contribution in [2.45, 2.75) is 25.7 Å². The smallest absolute Gasteiger partial charge is 0.236 e. The molecular formula is C17H25FN2O2. The second-order valence-corrected chi connectivity index (χ2v) is 5.84. The van der Waals surface area contributed by atoms with Gasteiger partial charge in [0.05, 0.1) is 6.54 Å². The fourth-order valence-corrected chi connectivity index (χ4v) is 2.58. The maximum atomic E-state index is 12.8. The van der Waals surface area contributed by atoms with Crippen LogP contribution < -0.4 is 4.74 Å². The molecule has 1 amide bonds. The first-order valence-electron chi connectivity index (χ1n) is 8.00. The zero-order valence-corrected chi connectivity index (χ0v) is 13.3. The number of halogens is 1. The molecule has 22 heavy (non-hydrogen) atoms. The number of benzene rings is 1. The molecule has 1 aliphatic heterocycles. The number of amides is 1. The van der Waals surface area contributed by atoms with Gasteiger partial charge in [0.1, 0.15) is 18.2 Å². The van der Waals surface area contributed by atoms with E-state index in [1.54, 1.807) is 12.1 Å². The normalized spacial score (nSPS) is 15.7. The maximum Gasteiger partial charge on any atom is 0.236 e. The Labute approximate surface area is 131 Å². The number of ether oxygens (including phenoxy) is 1. The molecule has 1 aromatic rings. The van der Waals surface area contributed by atoms with Crippen LogP contribution in [0.4, 0.5) is 4.39 Å². The van der Waals surface area contributed by atoms with Crippen molar-refractivity contribution < 1.29 is 13.9 Å². The third-order valence-electron chi connectivity index (χ3n) is 3.92. The average Bonchev–Trinajstić information content (AvgIpc) is 2.78. The Balaban J connectivity index is 1.67. The third-order valence-corrected chi connectivity index (χ3v) is 3.92. The summed E-state index contributed by atoms with van der Waals surface area (Å²) in [6.45, 7) is 3.34. The first-order chi connectivity index (χ1) is 10.6.